The summed E-state index contributed by atoms with van der Waals surface area (Å²) >= 11 is 0. The number of amidine groups is 2. The predicted molar refractivity (Wildman–Crippen MR) is 219 cm³/mol. The predicted octanol–water partition coefficient (Wildman–Crippen LogP) is 7.05. The average molecular weight is 793 g/mol. The number of methoxy groups -OCH3 is 2. The maximum absolute atomic E-state index is 6.05. The second-order valence-electron chi connectivity index (χ2n) is 13.9. The number of hydrogen-bond acceptors (Lipinski definition) is 14. The van der Waals surface area contributed by atoms with Crippen molar-refractivity contribution in [2.75, 3.05) is 34.5 Å². The number of rotatable bonds is 8. The molecule has 2 atom stereocenters. The number of aryl methyl sites for hydroxylation is 2. The van der Waals surface area contributed by atoms with E-state index in [1.165, 1.54) is 0 Å². The van der Waals surface area contributed by atoms with Gasteiger partial charge in [-0.25, -0.2) is 25.4 Å². The van der Waals surface area contributed by atoms with Gasteiger partial charge in [-0.05, 0) is 62.4 Å². The Morgan fingerprint density at radius 2 is 1.27 bits per heavy atom. The SMILES string of the molecule is COc1nc(C2=NOC[C@H](c3cc4ccccc4o3)N2C)ccc1-n1cnc(C)c1.COc1nc(C2=N[C@@H](c3cc4ccccc4o3)CON2)ccc1-n1cnc(C)c1. The van der Waals surface area contributed by atoms with E-state index in [4.69, 9.17) is 33.0 Å². The summed E-state index contributed by atoms with van der Waals surface area (Å²) in [6.07, 6.45) is 7.30. The summed E-state index contributed by atoms with van der Waals surface area (Å²) in [6.45, 7) is 4.63. The maximum Gasteiger partial charge on any atom is 0.238 e. The van der Waals surface area contributed by atoms with Gasteiger partial charge in [-0.2, -0.15) is 0 Å². The molecule has 2 aromatic carbocycles. The number of benzene rings is 2. The lowest BCUT2D eigenvalue weighted by Gasteiger charge is -2.31. The zero-order valence-corrected chi connectivity index (χ0v) is 32.9. The summed E-state index contributed by atoms with van der Waals surface area (Å²) in [5, 5.41) is 6.36. The van der Waals surface area contributed by atoms with Gasteiger partial charge in [0.2, 0.25) is 11.8 Å². The van der Waals surface area contributed by atoms with E-state index in [1.807, 2.05) is 132 Å². The second kappa shape index (κ2) is 15.8. The lowest BCUT2D eigenvalue weighted by Crippen LogP contribution is -2.38. The lowest BCUT2D eigenvalue weighted by molar-refractivity contribution is 0.0581. The molecule has 0 aliphatic carbocycles. The molecule has 0 spiro atoms. The topological polar surface area (TPSA) is 165 Å². The molecule has 6 aromatic heterocycles. The third-order valence-electron chi connectivity index (χ3n) is 9.94. The van der Waals surface area contributed by atoms with Crippen molar-refractivity contribution in [2.45, 2.75) is 25.9 Å². The number of aromatic nitrogens is 6. The van der Waals surface area contributed by atoms with Crippen LogP contribution in [-0.4, -0.2) is 80.1 Å². The summed E-state index contributed by atoms with van der Waals surface area (Å²) < 4.78 is 26.8. The Kier molecular flexibility index (Phi) is 9.96. The number of imidazole rings is 2. The number of ether oxygens (including phenoxy) is 2. The van der Waals surface area contributed by atoms with Crippen molar-refractivity contribution in [3.8, 4) is 23.1 Å². The molecule has 8 heterocycles. The van der Waals surface area contributed by atoms with E-state index in [1.54, 1.807) is 26.9 Å². The molecule has 0 radical (unpaired) electrons. The molecule has 0 unspecified atom stereocenters. The summed E-state index contributed by atoms with van der Waals surface area (Å²) in [4.78, 5) is 35.7. The molecule has 2 aliphatic heterocycles. The van der Waals surface area contributed by atoms with Gasteiger partial charge in [-0.1, -0.05) is 41.6 Å². The van der Waals surface area contributed by atoms with Gasteiger partial charge in [0.25, 0.3) is 0 Å². The first kappa shape index (κ1) is 37.1. The smallest absolute Gasteiger partial charge is 0.238 e. The van der Waals surface area contributed by atoms with Gasteiger partial charge in [0.1, 0.15) is 70.7 Å². The van der Waals surface area contributed by atoms with Gasteiger partial charge in [0, 0.05) is 30.2 Å². The molecule has 298 valence electrons. The van der Waals surface area contributed by atoms with Crippen molar-refractivity contribution in [1.29, 1.82) is 0 Å². The Balaban J connectivity index is 0.000000152. The first-order valence-corrected chi connectivity index (χ1v) is 18.8. The number of likely N-dealkylation sites (N-methyl/N-ethyl adjacent to an activating group) is 1. The van der Waals surface area contributed by atoms with Gasteiger partial charge < -0.3 is 37.2 Å². The highest BCUT2D eigenvalue weighted by Gasteiger charge is 2.31. The number of hydrogen-bond donors (Lipinski definition) is 1. The number of fused-ring (bicyclic) bond motifs is 2. The molecule has 10 rings (SSSR count). The summed E-state index contributed by atoms with van der Waals surface area (Å²) in [6, 6.07) is 27.1. The molecule has 0 bridgehead atoms. The number of nitrogens with one attached hydrogen (secondary N) is 1. The van der Waals surface area contributed by atoms with Gasteiger partial charge in [0.05, 0.1) is 38.3 Å². The van der Waals surface area contributed by atoms with Gasteiger partial charge >= 0.3 is 0 Å². The first-order chi connectivity index (χ1) is 28.8. The Bertz CT molecular complexity index is 2770. The van der Waals surface area contributed by atoms with Crippen LogP contribution in [0.4, 0.5) is 0 Å². The molecule has 2 aliphatic rings. The van der Waals surface area contributed by atoms with Crippen molar-refractivity contribution < 1.29 is 28.0 Å². The molecule has 0 amide bonds. The van der Waals surface area contributed by atoms with Crippen molar-refractivity contribution in [3.05, 3.63) is 144 Å². The molecule has 8 aromatic rings. The van der Waals surface area contributed by atoms with E-state index < -0.39 is 0 Å². The fourth-order valence-corrected chi connectivity index (χ4v) is 6.92. The van der Waals surface area contributed by atoms with Crippen LogP contribution in [0.25, 0.3) is 33.3 Å². The third-order valence-corrected chi connectivity index (χ3v) is 9.94. The molecule has 0 saturated carbocycles. The van der Waals surface area contributed by atoms with Crippen LogP contribution in [0, 0.1) is 13.8 Å². The summed E-state index contributed by atoms with van der Waals surface area (Å²) in [5.41, 5.74) is 9.23. The number of aliphatic imine (C=N–C) groups is 1. The monoisotopic (exact) mass is 792 g/mol. The zero-order chi connectivity index (χ0) is 40.5. The van der Waals surface area contributed by atoms with Crippen molar-refractivity contribution in [2.24, 2.45) is 10.1 Å². The minimum atomic E-state index is -0.262. The molecular formula is C43H40N10O6. The standard InChI is InChI=1S/C22H21N5O3.C21H19N5O3/c1-14-11-27(13-23-14)17-9-8-16(24-22(17)28-3)21-25-29-12-18(26(21)2)20-10-15-6-4-5-7-19(15)30-20;1-13-10-26(12-22-13)17-8-7-15(24-21(17)27-2)20-23-16(11-28-25-20)19-9-14-5-3-4-6-18(14)29-19/h4-11,13,18H,12H2,1-3H3;3-10,12,16H,11H2,1-2H3,(H,23,25)/t18-;16-/m11/s1. The summed E-state index contributed by atoms with van der Waals surface area (Å²) in [7, 11) is 5.14. The number of oxime groups is 1. The van der Waals surface area contributed by atoms with Crippen LogP contribution in [0.15, 0.2) is 129 Å². The Morgan fingerprint density at radius 1 is 0.695 bits per heavy atom. The third kappa shape index (κ3) is 7.44. The van der Waals surface area contributed by atoms with Crippen LogP contribution < -0.4 is 15.0 Å². The Hall–Kier alpha value is -7.46. The van der Waals surface area contributed by atoms with Crippen molar-refractivity contribution >= 4 is 33.6 Å². The first-order valence-electron chi connectivity index (χ1n) is 18.8. The highest BCUT2D eigenvalue weighted by molar-refractivity contribution is 5.98. The lowest BCUT2D eigenvalue weighted by atomic mass is 10.1. The van der Waals surface area contributed by atoms with Gasteiger partial charge in [-0.3, -0.25) is 9.83 Å². The second-order valence-corrected chi connectivity index (χ2v) is 13.9. The fourth-order valence-electron chi connectivity index (χ4n) is 6.92. The quantitative estimate of drug-likeness (QED) is 0.167. The van der Waals surface area contributed by atoms with E-state index in [0.717, 1.165) is 56.2 Å². The molecular weight excluding hydrogens is 753 g/mol. The number of furan rings is 2. The number of nitrogens with zero attached hydrogens (tertiary/aromatic N) is 9. The van der Waals surface area contributed by atoms with E-state index in [9.17, 15) is 0 Å². The minimum absolute atomic E-state index is 0.117. The van der Waals surface area contributed by atoms with Crippen LogP contribution in [0.1, 0.15) is 46.4 Å². The molecule has 16 heteroatoms. The molecule has 59 heavy (non-hydrogen) atoms. The fraction of sp³-hybridized carbons (Fsp3) is 0.209. The van der Waals surface area contributed by atoms with E-state index in [0.29, 0.717) is 48.0 Å². The van der Waals surface area contributed by atoms with Crippen molar-refractivity contribution in [1.82, 2.24) is 39.5 Å². The molecule has 0 fully saturated rings. The Labute approximate surface area is 338 Å². The highest BCUT2D eigenvalue weighted by atomic mass is 16.6. The number of pyridine rings is 2. The molecule has 16 nitrogen and oxygen atoms in total. The van der Waals surface area contributed by atoms with Crippen LogP contribution >= 0.6 is 0 Å². The molecule has 1 N–H and O–H groups in total. The zero-order valence-electron chi connectivity index (χ0n) is 32.9. The summed E-state index contributed by atoms with van der Waals surface area (Å²) in [5.74, 6) is 3.65. The normalized spacial score (nSPS) is 16.5. The highest BCUT2D eigenvalue weighted by Crippen LogP contribution is 2.32. The van der Waals surface area contributed by atoms with Gasteiger partial charge in [0.15, 0.2) is 11.7 Å². The molecule has 0 saturated heterocycles. The Morgan fingerprint density at radius 3 is 1.86 bits per heavy atom. The maximum atomic E-state index is 6.05. The van der Waals surface area contributed by atoms with Crippen LogP contribution in [0.5, 0.6) is 11.8 Å². The van der Waals surface area contributed by atoms with Crippen LogP contribution in [0.3, 0.4) is 0 Å². The van der Waals surface area contributed by atoms with E-state index in [-0.39, 0.29) is 12.1 Å². The van der Waals surface area contributed by atoms with E-state index >= 15 is 0 Å². The van der Waals surface area contributed by atoms with Crippen LogP contribution in [-0.2, 0) is 9.68 Å². The van der Waals surface area contributed by atoms with Crippen LogP contribution in [0.2, 0.25) is 0 Å². The number of para-hydroxylation sites is 2. The largest absolute Gasteiger partial charge is 0.479 e. The van der Waals surface area contributed by atoms with Crippen molar-refractivity contribution in [3.63, 3.8) is 0 Å². The van der Waals surface area contributed by atoms with Gasteiger partial charge in [-0.15, -0.1) is 0 Å². The minimum Gasteiger partial charge on any atom is -0.479 e. The number of hydroxylamine groups is 1. The average Bonchev–Trinajstić information content (AvgIpc) is 4.10. The van der Waals surface area contributed by atoms with E-state index in [2.05, 4.69) is 30.6 Å².